The Hall–Kier alpha value is -0.0400. The number of hydrogen-bond acceptors (Lipinski definition) is 1. The normalized spacial score (nSPS) is 27.8. The third-order valence-corrected chi connectivity index (χ3v) is 3.49. The smallest absolute Gasteiger partial charge is 0.000527 e. The number of nitrogens with one attached hydrogen (secondary N) is 1. The van der Waals surface area contributed by atoms with E-state index in [0.717, 1.165) is 5.92 Å². The summed E-state index contributed by atoms with van der Waals surface area (Å²) in [7, 11) is 0. The molecule has 2 fully saturated rings. The molecule has 0 aromatic heterocycles. The predicted octanol–water partition coefficient (Wildman–Crippen LogP) is 2.57. The molecule has 0 spiro atoms. The first-order valence-corrected chi connectivity index (χ1v) is 5.49. The first kappa shape index (κ1) is 8.55. The van der Waals surface area contributed by atoms with Crippen LogP contribution in [0.1, 0.15) is 45.4 Å². The Kier molecular flexibility index (Phi) is 2.40. The first-order chi connectivity index (χ1) is 5.79. The topological polar surface area (TPSA) is 12.0 Å². The maximum absolute atomic E-state index is 3.63. The summed E-state index contributed by atoms with van der Waals surface area (Å²) in [6.07, 6.45) is 8.77. The molecular formula is C11H21N. The first-order valence-electron chi connectivity index (χ1n) is 5.49. The molecule has 12 heavy (non-hydrogen) atoms. The van der Waals surface area contributed by atoms with Gasteiger partial charge in [0.25, 0.3) is 0 Å². The molecule has 70 valence electrons. The van der Waals surface area contributed by atoms with Gasteiger partial charge in [-0.3, -0.25) is 0 Å². The van der Waals surface area contributed by atoms with Crippen molar-refractivity contribution in [3.05, 3.63) is 0 Å². The van der Waals surface area contributed by atoms with Crippen molar-refractivity contribution in [3.8, 4) is 0 Å². The third kappa shape index (κ3) is 2.22. The molecule has 2 rings (SSSR count). The van der Waals surface area contributed by atoms with Gasteiger partial charge in [0.15, 0.2) is 0 Å². The zero-order valence-electron chi connectivity index (χ0n) is 8.23. The van der Waals surface area contributed by atoms with Gasteiger partial charge in [-0.1, -0.05) is 19.8 Å². The summed E-state index contributed by atoms with van der Waals surface area (Å²) in [5.41, 5.74) is 0.648. The van der Waals surface area contributed by atoms with Crippen LogP contribution in [0.25, 0.3) is 0 Å². The van der Waals surface area contributed by atoms with Crippen LogP contribution in [-0.2, 0) is 0 Å². The Balaban J connectivity index is 1.63. The summed E-state index contributed by atoms with van der Waals surface area (Å²) >= 11 is 0. The molecule has 0 aliphatic heterocycles. The summed E-state index contributed by atoms with van der Waals surface area (Å²) in [6, 6.07) is 0. The van der Waals surface area contributed by atoms with Crippen molar-refractivity contribution in [2.45, 2.75) is 45.4 Å². The fraction of sp³-hybridized carbons (Fsp3) is 1.00. The summed E-state index contributed by atoms with van der Waals surface area (Å²) in [5, 5.41) is 3.63. The molecule has 0 radical (unpaired) electrons. The lowest BCUT2D eigenvalue weighted by atomic mass is 9.89. The summed E-state index contributed by atoms with van der Waals surface area (Å²) in [4.78, 5) is 0. The maximum atomic E-state index is 3.63. The zero-order chi connectivity index (χ0) is 8.44. The minimum atomic E-state index is 0.648. The Morgan fingerprint density at radius 2 is 1.92 bits per heavy atom. The molecule has 1 N–H and O–H groups in total. The van der Waals surface area contributed by atoms with E-state index in [0.29, 0.717) is 5.41 Å². The Morgan fingerprint density at radius 3 is 2.50 bits per heavy atom. The fourth-order valence-electron chi connectivity index (χ4n) is 2.31. The van der Waals surface area contributed by atoms with Gasteiger partial charge in [0.2, 0.25) is 0 Å². The lowest BCUT2D eigenvalue weighted by molar-refractivity contribution is 0.313. The number of rotatable bonds is 4. The van der Waals surface area contributed by atoms with Crippen LogP contribution < -0.4 is 5.32 Å². The van der Waals surface area contributed by atoms with Crippen molar-refractivity contribution in [3.63, 3.8) is 0 Å². The van der Waals surface area contributed by atoms with Gasteiger partial charge in [-0.15, -0.1) is 0 Å². The standard InChI is InChI=1S/C11H21N/c1-11(6-2-3-7-11)9-12-8-10-4-5-10/h10,12H,2-9H2,1H3. The minimum absolute atomic E-state index is 0.648. The molecule has 2 saturated carbocycles. The predicted molar refractivity (Wildman–Crippen MR) is 52.2 cm³/mol. The van der Waals surface area contributed by atoms with E-state index >= 15 is 0 Å². The highest BCUT2D eigenvalue weighted by atomic mass is 14.9. The van der Waals surface area contributed by atoms with Crippen LogP contribution in [0.4, 0.5) is 0 Å². The van der Waals surface area contributed by atoms with Gasteiger partial charge < -0.3 is 5.32 Å². The van der Waals surface area contributed by atoms with Gasteiger partial charge in [-0.05, 0) is 43.6 Å². The molecule has 2 aliphatic carbocycles. The van der Waals surface area contributed by atoms with Crippen LogP contribution >= 0.6 is 0 Å². The molecule has 1 nitrogen and oxygen atoms in total. The fourth-order valence-corrected chi connectivity index (χ4v) is 2.31. The SMILES string of the molecule is CC1(CNCC2CC2)CCCC1. The molecule has 0 saturated heterocycles. The third-order valence-electron chi connectivity index (χ3n) is 3.49. The van der Waals surface area contributed by atoms with E-state index in [2.05, 4.69) is 12.2 Å². The summed E-state index contributed by atoms with van der Waals surface area (Å²) < 4.78 is 0. The molecule has 0 heterocycles. The second-order valence-electron chi connectivity index (χ2n) is 5.09. The quantitative estimate of drug-likeness (QED) is 0.678. The number of hydrogen-bond donors (Lipinski definition) is 1. The van der Waals surface area contributed by atoms with E-state index in [1.54, 1.807) is 0 Å². The monoisotopic (exact) mass is 167 g/mol. The van der Waals surface area contributed by atoms with Crippen molar-refractivity contribution in [2.75, 3.05) is 13.1 Å². The minimum Gasteiger partial charge on any atom is -0.316 e. The van der Waals surface area contributed by atoms with Gasteiger partial charge in [0.1, 0.15) is 0 Å². The van der Waals surface area contributed by atoms with Crippen LogP contribution in [0.3, 0.4) is 0 Å². The lowest BCUT2D eigenvalue weighted by Crippen LogP contribution is -2.30. The molecule has 0 aromatic carbocycles. The van der Waals surface area contributed by atoms with E-state index in [1.165, 1.54) is 51.6 Å². The van der Waals surface area contributed by atoms with Crippen LogP contribution in [0.5, 0.6) is 0 Å². The average Bonchev–Trinajstić information content (AvgIpc) is 2.75. The highest BCUT2D eigenvalue weighted by Gasteiger charge is 2.29. The Bertz CT molecular complexity index is 143. The van der Waals surface area contributed by atoms with Gasteiger partial charge in [-0.25, -0.2) is 0 Å². The Labute approximate surface area is 75.9 Å². The van der Waals surface area contributed by atoms with Crippen molar-refractivity contribution >= 4 is 0 Å². The molecule has 1 heteroatoms. The van der Waals surface area contributed by atoms with Crippen LogP contribution in [0.2, 0.25) is 0 Å². The molecule has 0 unspecified atom stereocenters. The summed E-state index contributed by atoms with van der Waals surface area (Å²) in [5.74, 6) is 1.04. The van der Waals surface area contributed by atoms with Crippen LogP contribution in [-0.4, -0.2) is 13.1 Å². The average molecular weight is 167 g/mol. The van der Waals surface area contributed by atoms with E-state index in [4.69, 9.17) is 0 Å². The van der Waals surface area contributed by atoms with Gasteiger partial charge in [-0.2, -0.15) is 0 Å². The molecule has 2 aliphatic rings. The van der Waals surface area contributed by atoms with Crippen LogP contribution in [0.15, 0.2) is 0 Å². The second kappa shape index (κ2) is 3.37. The van der Waals surface area contributed by atoms with Gasteiger partial charge in [0, 0.05) is 6.54 Å². The molecule has 0 atom stereocenters. The maximum Gasteiger partial charge on any atom is 0.000527 e. The molecule has 0 bridgehead atoms. The Morgan fingerprint density at radius 1 is 1.25 bits per heavy atom. The molecular weight excluding hydrogens is 146 g/mol. The largest absolute Gasteiger partial charge is 0.316 e. The van der Waals surface area contributed by atoms with E-state index < -0.39 is 0 Å². The van der Waals surface area contributed by atoms with E-state index in [-0.39, 0.29) is 0 Å². The zero-order valence-corrected chi connectivity index (χ0v) is 8.23. The highest BCUT2D eigenvalue weighted by molar-refractivity contribution is 4.84. The van der Waals surface area contributed by atoms with Crippen molar-refractivity contribution in [1.29, 1.82) is 0 Å². The summed E-state index contributed by atoms with van der Waals surface area (Å²) in [6.45, 7) is 5.00. The van der Waals surface area contributed by atoms with Gasteiger partial charge >= 0.3 is 0 Å². The van der Waals surface area contributed by atoms with E-state index in [1.807, 2.05) is 0 Å². The van der Waals surface area contributed by atoms with Crippen molar-refractivity contribution in [1.82, 2.24) is 5.32 Å². The van der Waals surface area contributed by atoms with Crippen molar-refractivity contribution in [2.24, 2.45) is 11.3 Å². The van der Waals surface area contributed by atoms with E-state index in [9.17, 15) is 0 Å². The molecule has 0 amide bonds. The second-order valence-corrected chi connectivity index (χ2v) is 5.09. The molecule has 0 aromatic rings. The van der Waals surface area contributed by atoms with Crippen LogP contribution in [0, 0.1) is 11.3 Å². The van der Waals surface area contributed by atoms with Crippen molar-refractivity contribution < 1.29 is 0 Å². The van der Waals surface area contributed by atoms with Gasteiger partial charge in [0.05, 0.1) is 0 Å². The highest BCUT2D eigenvalue weighted by Crippen LogP contribution is 2.37. The lowest BCUT2D eigenvalue weighted by Gasteiger charge is -2.23.